The van der Waals surface area contributed by atoms with E-state index in [0.29, 0.717) is 16.1 Å². The molecule has 1 atom stereocenters. The lowest BCUT2D eigenvalue weighted by Gasteiger charge is -2.25. The number of hydrogen-bond acceptors (Lipinski definition) is 10. The number of esters is 3. The first-order valence-electron chi connectivity index (χ1n) is 11.6. The first-order chi connectivity index (χ1) is 17.8. The van der Waals surface area contributed by atoms with E-state index in [1.54, 1.807) is 45.0 Å². The Morgan fingerprint density at radius 1 is 1.11 bits per heavy atom. The SMILES string of the molecule is CC(=O)OCOC(=O)[C@H](O)CN(Cc1ccc(-c2cc(Cl)ccc2F)cc1)NCOCC(=O)OC(C)(C)C. The van der Waals surface area contributed by atoms with Crippen LogP contribution in [0.2, 0.25) is 5.02 Å². The van der Waals surface area contributed by atoms with Gasteiger partial charge >= 0.3 is 17.9 Å². The van der Waals surface area contributed by atoms with Crippen LogP contribution >= 0.6 is 11.6 Å². The molecule has 0 amide bonds. The molecular formula is C26H32ClFN2O8. The summed E-state index contributed by atoms with van der Waals surface area (Å²) in [6.45, 7) is 5.22. The average molecular weight is 555 g/mol. The molecule has 38 heavy (non-hydrogen) atoms. The van der Waals surface area contributed by atoms with Gasteiger partial charge in [0.05, 0.1) is 6.54 Å². The minimum absolute atomic E-state index is 0.139. The zero-order valence-electron chi connectivity index (χ0n) is 21.7. The second-order valence-corrected chi connectivity index (χ2v) is 9.61. The van der Waals surface area contributed by atoms with Gasteiger partial charge < -0.3 is 24.1 Å². The molecular weight excluding hydrogens is 523 g/mol. The van der Waals surface area contributed by atoms with Crippen LogP contribution in [0.1, 0.15) is 33.3 Å². The van der Waals surface area contributed by atoms with E-state index in [1.807, 2.05) is 0 Å². The number of carbonyl (C=O) groups excluding carboxylic acids is 3. The number of nitrogens with one attached hydrogen (secondary N) is 1. The highest BCUT2D eigenvalue weighted by Crippen LogP contribution is 2.26. The third kappa shape index (κ3) is 11.5. The van der Waals surface area contributed by atoms with Crippen LogP contribution in [-0.2, 0) is 39.9 Å². The van der Waals surface area contributed by atoms with Crippen LogP contribution in [0.3, 0.4) is 0 Å². The summed E-state index contributed by atoms with van der Waals surface area (Å²) in [5.41, 5.74) is 3.93. The smallest absolute Gasteiger partial charge is 0.339 e. The maximum absolute atomic E-state index is 14.2. The fourth-order valence-electron chi connectivity index (χ4n) is 3.11. The maximum atomic E-state index is 14.2. The van der Waals surface area contributed by atoms with Crippen molar-refractivity contribution in [3.8, 4) is 11.1 Å². The molecule has 2 aromatic carbocycles. The van der Waals surface area contributed by atoms with E-state index in [-0.39, 0.29) is 26.4 Å². The molecule has 0 aromatic heterocycles. The fourth-order valence-corrected chi connectivity index (χ4v) is 3.28. The first-order valence-corrected chi connectivity index (χ1v) is 12.0. The first kappa shape index (κ1) is 31.1. The lowest BCUT2D eigenvalue weighted by molar-refractivity contribution is -0.173. The molecule has 0 fully saturated rings. The number of carbonyl (C=O) groups is 3. The van der Waals surface area contributed by atoms with Gasteiger partial charge in [-0.2, -0.15) is 0 Å². The van der Waals surface area contributed by atoms with E-state index in [0.717, 1.165) is 12.5 Å². The van der Waals surface area contributed by atoms with Crippen LogP contribution in [-0.4, -0.2) is 66.4 Å². The van der Waals surface area contributed by atoms with Gasteiger partial charge in [0.1, 0.15) is 24.8 Å². The molecule has 2 aromatic rings. The van der Waals surface area contributed by atoms with Crippen molar-refractivity contribution in [2.75, 3.05) is 26.7 Å². The maximum Gasteiger partial charge on any atom is 0.339 e. The molecule has 0 unspecified atom stereocenters. The molecule has 0 bridgehead atoms. The van der Waals surface area contributed by atoms with Gasteiger partial charge in [-0.25, -0.2) is 24.4 Å². The molecule has 0 aliphatic rings. The predicted molar refractivity (Wildman–Crippen MR) is 136 cm³/mol. The topological polar surface area (TPSA) is 124 Å². The summed E-state index contributed by atoms with van der Waals surface area (Å²) in [6, 6.07) is 11.2. The van der Waals surface area contributed by atoms with Gasteiger partial charge in [-0.3, -0.25) is 4.79 Å². The molecule has 0 heterocycles. The predicted octanol–water partition coefficient (Wildman–Crippen LogP) is 3.19. The van der Waals surface area contributed by atoms with Gasteiger partial charge in [0.25, 0.3) is 0 Å². The third-order valence-corrected chi connectivity index (χ3v) is 4.96. The highest BCUT2D eigenvalue weighted by atomic mass is 35.5. The molecule has 208 valence electrons. The number of hydrogen-bond donors (Lipinski definition) is 2. The number of nitrogens with zero attached hydrogens (tertiary/aromatic N) is 1. The van der Waals surface area contributed by atoms with E-state index in [2.05, 4.69) is 10.2 Å². The number of ether oxygens (including phenoxy) is 4. The summed E-state index contributed by atoms with van der Waals surface area (Å²) in [5, 5.41) is 12.2. The highest BCUT2D eigenvalue weighted by molar-refractivity contribution is 6.30. The molecule has 0 aliphatic carbocycles. The van der Waals surface area contributed by atoms with Crippen molar-refractivity contribution < 1.29 is 42.8 Å². The van der Waals surface area contributed by atoms with Crippen LogP contribution in [0, 0.1) is 5.82 Å². The van der Waals surface area contributed by atoms with Crippen molar-refractivity contribution in [2.45, 2.75) is 45.9 Å². The number of hydrazine groups is 1. The quantitative estimate of drug-likeness (QED) is 0.165. The minimum Gasteiger partial charge on any atom is -0.458 e. The highest BCUT2D eigenvalue weighted by Gasteiger charge is 2.22. The second-order valence-electron chi connectivity index (χ2n) is 9.17. The zero-order valence-corrected chi connectivity index (χ0v) is 22.4. The van der Waals surface area contributed by atoms with Gasteiger partial charge in [-0.15, -0.1) is 0 Å². The van der Waals surface area contributed by atoms with Crippen LogP contribution in [0.4, 0.5) is 4.39 Å². The lowest BCUT2D eigenvalue weighted by atomic mass is 10.0. The number of benzene rings is 2. The Kier molecular flexibility index (Phi) is 12.1. The number of rotatable bonds is 13. The Bertz CT molecular complexity index is 1090. The van der Waals surface area contributed by atoms with E-state index in [4.69, 9.17) is 25.8 Å². The Hall–Kier alpha value is -3.09. The zero-order chi connectivity index (χ0) is 28.3. The van der Waals surface area contributed by atoms with Gasteiger partial charge in [-0.05, 0) is 50.1 Å². The monoisotopic (exact) mass is 554 g/mol. The third-order valence-electron chi connectivity index (χ3n) is 4.73. The average Bonchev–Trinajstić information content (AvgIpc) is 2.82. The molecule has 0 saturated carbocycles. The Morgan fingerprint density at radius 3 is 2.42 bits per heavy atom. The molecule has 10 nitrogen and oxygen atoms in total. The molecule has 0 spiro atoms. The van der Waals surface area contributed by atoms with Crippen LogP contribution in [0.25, 0.3) is 11.1 Å². The summed E-state index contributed by atoms with van der Waals surface area (Å²) in [7, 11) is 0. The summed E-state index contributed by atoms with van der Waals surface area (Å²) >= 11 is 5.99. The minimum atomic E-state index is -1.59. The number of aliphatic hydroxyl groups is 1. The van der Waals surface area contributed by atoms with Gasteiger partial charge in [0.2, 0.25) is 6.79 Å². The summed E-state index contributed by atoms with van der Waals surface area (Å²) < 4.78 is 34.0. The van der Waals surface area contributed by atoms with Crippen LogP contribution < -0.4 is 5.43 Å². The Morgan fingerprint density at radius 2 is 1.79 bits per heavy atom. The van der Waals surface area contributed by atoms with Crippen molar-refractivity contribution in [1.82, 2.24) is 10.4 Å². The van der Waals surface area contributed by atoms with Crippen molar-refractivity contribution in [2.24, 2.45) is 0 Å². The van der Waals surface area contributed by atoms with Crippen molar-refractivity contribution in [3.05, 3.63) is 58.9 Å². The second kappa shape index (κ2) is 14.7. The normalized spacial score (nSPS) is 12.2. The fraction of sp³-hybridized carbons (Fsp3) is 0.423. The molecule has 0 aliphatic heterocycles. The van der Waals surface area contributed by atoms with Crippen molar-refractivity contribution in [3.63, 3.8) is 0 Å². The van der Waals surface area contributed by atoms with Crippen molar-refractivity contribution >= 4 is 29.5 Å². The van der Waals surface area contributed by atoms with Crippen molar-refractivity contribution in [1.29, 1.82) is 0 Å². The van der Waals surface area contributed by atoms with E-state index < -0.39 is 42.2 Å². The Balaban J connectivity index is 2.03. The molecule has 0 radical (unpaired) electrons. The van der Waals surface area contributed by atoms with Crippen LogP contribution in [0.5, 0.6) is 0 Å². The van der Waals surface area contributed by atoms with Gasteiger partial charge in [0.15, 0.2) is 6.10 Å². The summed E-state index contributed by atoms with van der Waals surface area (Å²) in [4.78, 5) is 34.7. The van der Waals surface area contributed by atoms with E-state index in [9.17, 15) is 23.9 Å². The molecule has 12 heteroatoms. The number of aliphatic hydroxyl groups excluding tert-OH is 1. The van der Waals surface area contributed by atoms with Gasteiger partial charge in [-0.1, -0.05) is 35.9 Å². The summed E-state index contributed by atoms with van der Waals surface area (Å²) in [6.07, 6.45) is -1.59. The largest absolute Gasteiger partial charge is 0.458 e. The van der Waals surface area contributed by atoms with E-state index in [1.165, 1.54) is 23.2 Å². The molecule has 2 N–H and O–H groups in total. The van der Waals surface area contributed by atoms with Gasteiger partial charge in [0, 0.05) is 24.1 Å². The summed E-state index contributed by atoms with van der Waals surface area (Å²) in [5.74, 6) is -2.61. The number of halogens is 2. The standard InChI is InChI=1S/C26H32ClFN2O8/c1-17(31)36-16-37-25(34)23(32)13-30(29-15-35-14-24(33)38-26(2,3)4)12-18-5-7-19(8-6-18)21-11-20(27)9-10-22(21)28/h5-11,23,29,32H,12-16H2,1-4H3/t23-/m1/s1. The van der Waals surface area contributed by atoms with E-state index >= 15 is 0 Å². The van der Waals surface area contributed by atoms with Crippen LogP contribution in [0.15, 0.2) is 42.5 Å². The lowest BCUT2D eigenvalue weighted by Crippen LogP contribution is -2.46. The Labute approximate surface area is 225 Å². The molecule has 2 rings (SSSR count). The molecule has 0 saturated heterocycles.